The molecule has 5 nitrogen and oxygen atoms in total. The van der Waals surface area contributed by atoms with Gasteiger partial charge in [-0.25, -0.2) is 12.8 Å². The van der Waals surface area contributed by atoms with E-state index in [9.17, 15) is 17.6 Å². The largest absolute Gasteiger partial charge is 0.468 e. The van der Waals surface area contributed by atoms with Crippen LogP contribution in [0.15, 0.2) is 53.4 Å². The lowest BCUT2D eigenvalue weighted by molar-refractivity contribution is -0.142. The third-order valence-electron chi connectivity index (χ3n) is 3.47. The van der Waals surface area contributed by atoms with Crippen molar-refractivity contribution in [2.75, 3.05) is 7.11 Å². The first kappa shape index (κ1) is 18.1. The molecule has 2 rings (SSSR count). The molecule has 0 heterocycles. The number of benzene rings is 2. The van der Waals surface area contributed by atoms with Crippen LogP contribution in [0, 0.1) is 12.7 Å². The summed E-state index contributed by atoms with van der Waals surface area (Å²) in [4.78, 5) is 12.0. The highest BCUT2D eigenvalue weighted by Crippen LogP contribution is 2.13. The fraction of sp³-hybridized carbons (Fsp3) is 0.235. The zero-order valence-corrected chi connectivity index (χ0v) is 14.1. The average Bonchev–Trinajstić information content (AvgIpc) is 2.55. The van der Waals surface area contributed by atoms with Gasteiger partial charge >= 0.3 is 5.97 Å². The lowest BCUT2D eigenvalue weighted by Crippen LogP contribution is -2.42. The van der Waals surface area contributed by atoms with Gasteiger partial charge in [-0.05, 0) is 43.2 Å². The van der Waals surface area contributed by atoms with Crippen LogP contribution in [-0.2, 0) is 26.0 Å². The molecule has 0 aromatic heterocycles. The minimum absolute atomic E-state index is 0.0536. The Morgan fingerprint density at radius 2 is 1.71 bits per heavy atom. The van der Waals surface area contributed by atoms with E-state index in [4.69, 9.17) is 0 Å². The summed E-state index contributed by atoms with van der Waals surface area (Å²) in [6, 6.07) is 10.6. The summed E-state index contributed by atoms with van der Waals surface area (Å²) < 4.78 is 44.9. The van der Waals surface area contributed by atoms with E-state index in [1.807, 2.05) is 6.92 Å². The number of methoxy groups -OCH3 is 1. The van der Waals surface area contributed by atoms with Gasteiger partial charge in [-0.3, -0.25) is 4.79 Å². The predicted octanol–water partition coefficient (Wildman–Crippen LogP) is 2.20. The van der Waals surface area contributed by atoms with E-state index in [2.05, 4.69) is 9.46 Å². The first-order valence-corrected chi connectivity index (χ1v) is 8.71. The van der Waals surface area contributed by atoms with E-state index >= 15 is 0 Å². The predicted molar refractivity (Wildman–Crippen MR) is 87.4 cm³/mol. The van der Waals surface area contributed by atoms with Gasteiger partial charge < -0.3 is 4.74 Å². The summed E-state index contributed by atoms with van der Waals surface area (Å²) in [6.45, 7) is 1.84. The zero-order chi connectivity index (χ0) is 17.7. The summed E-state index contributed by atoms with van der Waals surface area (Å²) in [7, 11) is -2.70. The summed E-state index contributed by atoms with van der Waals surface area (Å²) >= 11 is 0. The molecule has 0 saturated heterocycles. The quantitative estimate of drug-likeness (QED) is 0.810. The van der Waals surface area contributed by atoms with Crippen molar-refractivity contribution < 1.29 is 22.3 Å². The third kappa shape index (κ3) is 4.62. The average molecular weight is 351 g/mol. The normalized spacial score (nSPS) is 12.6. The summed E-state index contributed by atoms with van der Waals surface area (Å²) in [5, 5.41) is 0. The number of rotatable bonds is 6. The highest BCUT2D eigenvalue weighted by Gasteiger charge is 2.26. The molecule has 0 saturated carbocycles. The second-order valence-corrected chi connectivity index (χ2v) is 7.05. The van der Waals surface area contributed by atoms with Crippen LogP contribution in [0.25, 0.3) is 0 Å². The van der Waals surface area contributed by atoms with Crippen LogP contribution in [0.1, 0.15) is 11.1 Å². The van der Waals surface area contributed by atoms with Crippen LogP contribution in [0.2, 0.25) is 0 Å². The molecule has 0 radical (unpaired) electrons. The molecule has 0 bridgehead atoms. The number of ether oxygens (including phenoxy) is 1. The number of carbonyl (C=O) groups is 1. The summed E-state index contributed by atoms with van der Waals surface area (Å²) in [5.41, 5.74) is 1.53. The van der Waals surface area contributed by atoms with Crippen molar-refractivity contribution in [1.29, 1.82) is 0 Å². The SMILES string of the molecule is COC(=O)C(Cc1ccc(F)cc1)NS(=O)(=O)c1ccc(C)cc1. The number of carbonyl (C=O) groups excluding carboxylic acids is 1. The van der Waals surface area contributed by atoms with Crippen molar-refractivity contribution in [1.82, 2.24) is 4.72 Å². The van der Waals surface area contributed by atoms with Crippen molar-refractivity contribution >= 4 is 16.0 Å². The number of halogens is 1. The standard InChI is InChI=1S/C17H18FNO4S/c1-12-3-9-15(10-4-12)24(21,22)19-16(17(20)23-2)11-13-5-7-14(18)8-6-13/h3-10,16,19H,11H2,1-2H3. The second-order valence-electron chi connectivity index (χ2n) is 5.34. The molecule has 2 aromatic carbocycles. The van der Waals surface area contributed by atoms with Gasteiger partial charge in [-0.15, -0.1) is 0 Å². The van der Waals surface area contributed by atoms with E-state index in [-0.39, 0.29) is 11.3 Å². The van der Waals surface area contributed by atoms with Gasteiger partial charge in [0.05, 0.1) is 12.0 Å². The molecule has 24 heavy (non-hydrogen) atoms. The van der Waals surface area contributed by atoms with Gasteiger partial charge in [0.25, 0.3) is 0 Å². The van der Waals surface area contributed by atoms with E-state index in [1.165, 1.54) is 43.5 Å². The van der Waals surface area contributed by atoms with Crippen LogP contribution in [0.5, 0.6) is 0 Å². The minimum atomic E-state index is -3.88. The van der Waals surface area contributed by atoms with Crippen molar-refractivity contribution in [3.63, 3.8) is 0 Å². The van der Waals surface area contributed by atoms with Crippen LogP contribution < -0.4 is 4.72 Å². The molecule has 0 aliphatic carbocycles. The molecule has 7 heteroatoms. The number of hydrogen-bond donors (Lipinski definition) is 1. The first-order valence-electron chi connectivity index (χ1n) is 7.23. The molecule has 0 aliphatic rings. The Morgan fingerprint density at radius 3 is 2.25 bits per heavy atom. The molecule has 1 unspecified atom stereocenters. The maximum Gasteiger partial charge on any atom is 0.324 e. The topological polar surface area (TPSA) is 72.5 Å². The Kier molecular flexibility index (Phi) is 5.69. The van der Waals surface area contributed by atoms with Gasteiger partial charge in [-0.1, -0.05) is 29.8 Å². The summed E-state index contributed by atoms with van der Waals surface area (Å²) in [5.74, 6) is -1.12. The van der Waals surface area contributed by atoms with Gasteiger partial charge in [0.1, 0.15) is 11.9 Å². The van der Waals surface area contributed by atoms with Gasteiger partial charge in [0.2, 0.25) is 10.0 Å². The van der Waals surface area contributed by atoms with Gasteiger partial charge in [0.15, 0.2) is 0 Å². The third-order valence-corrected chi connectivity index (χ3v) is 4.96. The van der Waals surface area contributed by atoms with E-state index in [1.54, 1.807) is 12.1 Å². The molecule has 2 aromatic rings. The zero-order valence-electron chi connectivity index (χ0n) is 13.3. The monoisotopic (exact) mass is 351 g/mol. The number of hydrogen-bond acceptors (Lipinski definition) is 4. The Hall–Kier alpha value is -2.25. The molecular formula is C17H18FNO4S. The fourth-order valence-corrected chi connectivity index (χ4v) is 3.33. The van der Waals surface area contributed by atoms with Crippen molar-refractivity contribution in [2.24, 2.45) is 0 Å². The molecule has 1 N–H and O–H groups in total. The maximum atomic E-state index is 13.0. The number of sulfonamides is 1. The van der Waals surface area contributed by atoms with Gasteiger partial charge in [0, 0.05) is 0 Å². The minimum Gasteiger partial charge on any atom is -0.468 e. The van der Waals surface area contributed by atoms with E-state index in [0.717, 1.165) is 5.56 Å². The molecule has 0 amide bonds. The first-order chi connectivity index (χ1) is 11.3. The maximum absolute atomic E-state index is 13.0. The Morgan fingerprint density at radius 1 is 1.12 bits per heavy atom. The molecule has 0 aliphatic heterocycles. The number of nitrogens with one attached hydrogen (secondary N) is 1. The molecule has 1 atom stereocenters. The van der Waals surface area contributed by atoms with E-state index < -0.39 is 27.9 Å². The molecule has 128 valence electrons. The van der Waals surface area contributed by atoms with Crippen molar-refractivity contribution in [3.8, 4) is 0 Å². The lowest BCUT2D eigenvalue weighted by Gasteiger charge is -2.17. The highest BCUT2D eigenvalue weighted by molar-refractivity contribution is 7.89. The molecular weight excluding hydrogens is 333 g/mol. The van der Waals surface area contributed by atoms with Crippen molar-refractivity contribution in [3.05, 3.63) is 65.5 Å². The number of aryl methyl sites for hydroxylation is 1. The lowest BCUT2D eigenvalue weighted by atomic mass is 10.1. The Labute approximate surface area is 140 Å². The van der Waals surface area contributed by atoms with E-state index in [0.29, 0.717) is 5.56 Å². The molecule has 0 spiro atoms. The van der Waals surface area contributed by atoms with Crippen molar-refractivity contribution in [2.45, 2.75) is 24.3 Å². The van der Waals surface area contributed by atoms with Gasteiger partial charge in [-0.2, -0.15) is 4.72 Å². The molecule has 0 fully saturated rings. The smallest absolute Gasteiger partial charge is 0.324 e. The summed E-state index contributed by atoms with van der Waals surface area (Å²) in [6.07, 6.45) is 0.0536. The second kappa shape index (κ2) is 7.55. The van der Waals surface area contributed by atoms with Crippen LogP contribution in [-0.4, -0.2) is 27.5 Å². The van der Waals surface area contributed by atoms with Crippen LogP contribution in [0.4, 0.5) is 4.39 Å². The fourth-order valence-electron chi connectivity index (χ4n) is 2.14. The van der Waals surface area contributed by atoms with Crippen LogP contribution >= 0.6 is 0 Å². The van der Waals surface area contributed by atoms with Crippen LogP contribution in [0.3, 0.4) is 0 Å². The Bertz CT molecular complexity index is 801. The highest BCUT2D eigenvalue weighted by atomic mass is 32.2. The number of esters is 1. The Balaban J connectivity index is 2.23.